The second-order valence-corrected chi connectivity index (χ2v) is 5.31. The average molecular weight is 309 g/mol. The van der Waals surface area contributed by atoms with Crippen molar-refractivity contribution in [2.45, 2.75) is 13.0 Å². The van der Waals surface area contributed by atoms with Crippen LogP contribution in [0.1, 0.15) is 28.9 Å². The maximum Gasteiger partial charge on any atom is 0.251 e. The van der Waals surface area contributed by atoms with Crippen LogP contribution >= 0.6 is 23.2 Å². The maximum atomic E-state index is 12.1. The van der Waals surface area contributed by atoms with Crippen LogP contribution in [0.15, 0.2) is 42.5 Å². The van der Waals surface area contributed by atoms with Crippen LogP contribution in [0.5, 0.6) is 0 Å². The van der Waals surface area contributed by atoms with Crippen LogP contribution in [-0.2, 0) is 0 Å². The van der Waals surface area contributed by atoms with Crippen molar-refractivity contribution in [2.24, 2.45) is 0 Å². The topological polar surface area (TPSA) is 55.1 Å². The van der Waals surface area contributed by atoms with Crippen LogP contribution in [0.2, 0.25) is 10.0 Å². The summed E-state index contributed by atoms with van der Waals surface area (Å²) >= 11 is 11.8. The van der Waals surface area contributed by atoms with E-state index in [2.05, 4.69) is 5.32 Å². The molecule has 0 bridgehead atoms. The van der Waals surface area contributed by atoms with Gasteiger partial charge >= 0.3 is 0 Å². The number of hydrogen-bond acceptors (Lipinski definition) is 2. The molecule has 0 fully saturated rings. The summed E-state index contributed by atoms with van der Waals surface area (Å²) in [5.41, 5.74) is 7.63. The van der Waals surface area contributed by atoms with E-state index >= 15 is 0 Å². The molecule has 0 aliphatic rings. The second kappa shape index (κ2) is 6.16. The Kier molecular flexibility index (Phi) is 4.53. The van der Waals surface area contributed by atoms with Gasteiger partial charge in [0, 0.05) is 11.3 Å². The van der Waals surface area contributed by atoms with Crippen molar-refractivity contribution in [1.29, 1.82) is 0 Å². The van der Waals surface area contributed by atoms with Crippen LogP contribution in [-0.4, -0.2) is 5.91 Å². The summed E-state index contributed by atoms with van der Waals surface area (Å²) < 4.78 is 0. The van der Waals surface area contributed by atoms with E-state index in [-0.39, 0.29) is 11.9 Å². The lowest BCUT2D eigenvalue weighted by Gasteiger charge is -2.15. The first-order valence-corrected chi connectivity index (χ1v) is 6.84. The number of amides is 1. The van der Waals surface area contributed by atoms with Crippen LogP contribution in [0.25, 0.3) is 0 Å². The first kappa shape index (κ1) is 14.7. The molecule has 104 valence electrons. The van der Waals surface area contributed by atoms with Crippen LogP contribution in [0.3, 0.4) is 0 Å². The third-order valence-electron chi connectivity index (χ3n) is 2.94. The molecule has 2 aromatic rings. The number of carbonyl (C=O) groups is 1. The van der Waals surface area contributed by atoms with Crippen molar-refractivity contribution in [3.8, 4) is 0 Å². The summed E-state index contributed by atoms with van der Waals surface area (Å²) in [5.74, 6) is -0.184. The molecule has 1 unspecified atom stereocenters. The highest BCUT2D eigenvalue weighted by atomic mass is 35.5. The first-order chi connectivity index (χ1) is 9.47. The molecule has 2 rings (SSSR count). The van der Waals surface area contributed by atoms with Gasteiger partial charge in [0.1, 0.15) is 0 Å². The first-order valence-electron chi connectivity index (χ1n) is 6.08. The molecule has 3 N–H and O–H groups in total. The molecule has 5 heteroatoms. The van der Waals surface area contributed by atoms with Crippen molar-refractivity contribution < 1.29 is 4.79 Å². The molecule has 0 saturated heterocycles. The normalized spacial score (nSPS) is 11.9. The highest BCUT2D eigenvalue weighted by Gasteiger charge is 2.12. The Hall–Kier alpha value is -1.71. The largest absolute Gasteiger partial charge is 0.399 e. The van der Waals surface area contributed by atoms with E-state index in [4.69, 9.17) is 28.9 Å². The monoisotopic (exact) mass is 308 g/mol. The average Bonchev–Trinajstić information content (AvgIpc) is 2.41. The van der Waals surface area contributed by atoms with Crippen molar-refractivity contribution in [2.75, 3.05) is 5.73 Å². The lowest BCUT2D eigenvalue weighted by molar-refractivity contribution is 0.0940. The molecule has 0 radical (unpaired) electrons. The van der Waals surface area contributed by atoms with E-state index in [1.807, 2.05) is 13.0 Å². The molecule has 0 aliphatic heterocycles. The smallest absolute Gasteiger partial charge is 0.251 e. The molecule has 0 aliphatic carbocycles. The Bertz CT molecular complexity index is 644. The summed E-state index contributed by atoms with van der Waals surface area (Å²) in [6.07, 6.45) is 0. The predicted octanol–water partition coefficient (Wildman–Crippen LogP) is 4.07. The van der Waals surface area contributed by atoms with Gasteiger partial charge in [0.2, 0.25) is 0 Å². The molecule has 3 nitrogen and oxygen atoms in total. The minimum Gasteiger partial charge on any atom is -0.399 e. The summed E-state index contributed by atoms with van der Waals surface area (Å²) in [5, 5.41) is 3.85. The number of nitrogens with two attached hydrogens (primary N) is 1. The molecule has 0 saturated carbocycles. The van der Waals surface area contributed by atoms with Gasteiger partial charge in [-0.15, -0.1) is 0 Å². The molecule has 0 aromatic heterocycles. The Morgan fingerprint density at radius 1 is 1.15 bits per heavy atom. The molecular weight excluding hydrogens is 295 g/mol. The van der Waals surface area contributed by atoms with Gasteiger partial charge in [-0.25, -0.2) is 0 Å². The number of nitrogens with one attached hydrogen (secondary N) is 1. The van der Waals surface area contributed by atoms with Gasteiger partial charge in [0.15, 0.2) is 0 Å². The molecule has 20 heavy (non-hydrogen) atoms. The fourth-order valence-corrected chi connectivity index (χ4v) is 2.13. The standard InChI is InChI=1S/C15H14Cl2N2O/c1-9(10-5-6-13(16)14(17)8-10)19-15(20)11-3-2-4-12(18)7-11/h2-9H,18H2,1H3,(H,19,20). The van der Waals surface area contributed by atoms with Gasteiger partial charge in [-0.3, -0.25) is 4.79 Å². The Balaban J connectivity index is 2.13. The van der Waals surface area contributed by atoms with Gasteiger partial charge < -0.3 is 11.1 Å². The van der Waals surface area contributed by atoms with Crippen molar-refractivity contribution in [3.63, 3.8) is 0 Å². The number of nitrogen functional groups attached to an aromatic ring is 1. The minimum atomic E-state index is -0.184. The zero-order chi connectivity index (χ0) is 14.7. The number of anilines is 1. The quantitative estimate of drug-likeness (QED) is 0.840. The SMILES string of the molecule is CC(NC(=O)c1cccc(N)c1)c1ccc(Cl)c(Cl)c1. The molecule has 1 atom stereocenters. The van der Waals surface area contributed by atoms with E-state index in [1.165, 1.54) is 0 Å². The van der Waals surface area contributed by atoms with E-state index < -0.39 is 0 Å². The molecule has 2 aromatic carbocycles. The van der Waals surface area contributed by atoms with Gasteiger partial charge in [0.05, 0.1) is 16.1 Å². The van der Waals surface area contributed by atoms with Gasteiger partial charge in [-0.2, -0.15) is 0 Å². The number of halogens is 2. The third-order valence-corrected chi connectivity index (χ3v) is 3.68. The second-order valence-electron chi connectivity index (χ2n) is 4.49. The number of benzene rings is 2. The van der Waals surface area contributed by atoms with Crippen LogP contribution in [0, 0.1) is 0 Å². The van der Waals surface area contributed by atoms with Crippen molar-refractivity contribution in [3.05, 3.63) is 63.6 Å². The van der Waals surface area contributed by atoms with E-state index in [9.17, 15) is 4.79 Å². The lowest BCUT2D eigenvalue weighted by Crippen LogP contribution is -2.26. The lowest BCUT2D eigenvalue weighted by atomic mass is 10.1. The fourth-order valence-electron chi connectivity index (χ4n) is 1.82. The van der Waals surface area contributed by atoms with Gasteiger partial charge in [-0.05, 0) is 42.8 Å². The summed E-state index contributed by atoms with van der Waals surface area (Å²) in [6.45, 7) is 1.88. The zero-order valence-electron chi connectivity index (χ0n) is 10.9. The van der Waals surface area contributed by atoms with Crippen LogP contribution < -0.4 is 11.1 Å². The summed E-state index contributed by atoms with van der Waals surface area (Å²) in [4.78, 5) is 12.1. The fraction of sp³-hybridized carbons (Fsp3) is 0.133. The molecule has 0 heterocycles. The van der Waals surface area contributed by atoms with E-state index in [1.54, 1.807) is 36.4 Å². The highest BCUT2D eigenvalue weighted by molar-refractivity contribution is 6.42. The highest BCUT2D eigenvalue weighted by Crippen LogP contribution is 2.25. The Morgan fingerprint density at radius 3 is 2.55 bits per heavy atom. The van der Waals surface area contributed by atoms with Crippen molar-refractivity contribution >= 4 is 34.8 Å². The maximum absolute atomic E-state index is 12.1. The van der Waals surface area contributed by atoms with Gasteiger partial charge in [-0.1, -0.05) is 35.3 Å². The van der Waals surface area contributed by atoms with Gasteiger partial charge in [0.25, 0.3) is 5.91 Å². The summed E-state index contributed by atoms with van der Waals surface area (Å²) in [6, 6.07) is 11.9. The number of hydrogen-bond donors (Lipinski definition) is 2. The predicted molar refractivity (Wildman–Crippen MR) is 83.2 cm³/mol. The molecular formula is C15H14Cl2N2O. The molecule has 1 amide bonds. The molecule has 0 spiro atoms. The zero-order valence-corrected chi connectivity index (χ0v) is 12.4. The summed E-state index contributed by atoms with van der Waals surface area (Å²) in [7, 11) is 0. The Morgan fingerprint density at radius 2 is 1.90 bits per heavy atom. The van der Waals surface area contributed by atoms with E-state index in [0.717, 1.165) is 5.56 Å². The number of rotatable bonds is 3. The Labute approximate surface area is 127 Å². The minimum absolute atomic E-state index is 0.182. The number of carbonyl (C=O) groups excluding carboxylic acids is 1. The third kappa shape index (κ3) is 3.44. The van der Waals surface area contributed by atoms with Crippen LogP contribution in [0.4, 0.5) is 5.69 Å². The van der Waals surface area contributed by atoms with Crippen molar-refractivity contribution in [1.82, 2.24) is 5.32 Å². The van der Waals surface area contributed by atoms with E-state index in [0.29, 0.717) is 21.3 Å².